The standard InChI is InChI=1S/C18H13N5O/c19-11-14(12-20)17(13-21)23-16-6-1-2-7-18(16)24-10-8-15-5-3-4-9-22-15/h1-7,9,23H,8,10H2. The number of para-hydroxylation sites is 2. The maximum atomic E-state index is 9.11. The molecule has 1 heterocycles. The van der Waals surface area contributed by atoms with Gasteiger partial charge < -0.3 is 10.1 Å². The topological polar surface area (TPSA) is 106 Å². The van der Waals surface area contributed by atoms with E-state index < -0.39 is 0 Å². The van der Waals surface area contributed by atoms with Crippen molar-refractivity contribution in [3.8, 4) is 24.0 Å². The van der Waals surface area contributed by atoms with Crippen molar-refractivity contribution in [1.82, 2.24) is 4.98 Å². The molecule has 0 aliphatic carbocycles. The third kappa shape index (κ3) is 4.34. The minimum Gasteiger partial charge on any atom is -0.491 e. The van der Waals surface area contributed by atoms with Crippen LogP contribution in [0.25, 0.3) is 0 Å². The number of aromatic nitrogens is 1. The van der Waals surface area contributed by atoms with E-state index in [1.165, 1.54) is 0 Å². The van der Waals surface area contributed by atoms with E-state index in [1.54, 1.807) is 42.6 Å². The number of nitrogens with zero attached hydrogens (tertiary/aromatic N) is 4. The summed E-state index contributed by atoms with van der Waals surface area (Å²) < 4.78 is 5.73. The van der Waals surface area contributed by atoms with Gasteiger partial charge in [0.15, 0.2) is 5.57 Å². The Morgan fingerprint density at radius 3 is 2.42 bits per heavy atom. The van der Waals surface area contributed by atoms with Crippen LogP contribution in [0.15, 0.2) is 59.9 Å². The van der Waals surface area contributed by atoms with Crippen LogP contribution in [-0.2, 0) is 6.42 Å². The molecule has 1 N–H and O–H groups in total. The van der Waals surface area contributed by atoms with Gasteiger partial charge in [0.2, 0.25) is 0 Å². The Morgan fingerprint density at radius 2 is 1.75 bits per heavy atom. The molecule has 0 saturated carbocycles. The quantitative estimate of drug-likeness (QED) is 0.821. The summed E-state index contributed by atoms with van der Waals surface area (Å²) in [6.07, 6.45) is 2.36. The number of pyridine rings is 1. The van der Waals surface area contributed by atoms with Gasteiger partial charge in [-0.15, -0.1) is 0 Å². The van der Waals surface area contributed by atoms with Crippen LogP contribution in [-0.4, -0.2) is 11.6 Å². The van der Waals surface area contributed by atoms with Crippen LogP contribution >= 0.6 is 0 Å². The van der Waals surface area contributed by atoms with Crippen LogP contribution in [0.3, 0.4) is 0 Å². The minimum absolute atomic E-state index is 0.110. The van der Waals surface area contributed by atoms with E-state index in [0.29, 0.717) is 24.5 Å². The Kier molecular flexibility index (Phi) is 5.92. The molecule has 0 radical (unpaired) electrons. The molecule has 0 spiro atoms. The SMILES string of the molecule is N#CC(C#N)=C(C#N)Nc1ccccc1OCCc1ccccn1. The highest BCUT2D eigenvalue weighted by molar-refractivity contribution is 5.64. The molecule has 0 saturated heterocycles. The molecular formula is C18H13N5O. The number of nitrogens with one attached hydrogen (secondary N) is 1. The lowest BCUT2D eigenvalue weighted by Gasteiger charge is -2.12. The highest BCUT2D eigenvalue weighted by atomic mass is 16.5. The van der Waals surface area contributed by atoms with Gasteiger partial charge in [0, 0.05) is 18.3 Å². The molecule has 0 amide bonds. The summed E-state index contributed by atoms with van der Waals surface area (Å²) >= 11 is 0. The van der Waals surface area contributed by atoms with E-state index >= 15 is 0 Å². The normalized spacial score (nSPS) is 9.04. The van der Waals surface area contributed by atoms with Crippen molar-refractivity contribution >= 4 is 5.69 Å². The molecular weight excluding hydrogens is 302 g/mol. The van der Waals surface area contributed by atoms with Crippen LogP contribution in [0.4, 0.5) is 5.69 Å². The van der Waals surface area contributed by atoms with Crippen LogP contribution < -0.4 is 10.1 Å². The van der Waals surface area contributed by atoms with Gasteiger partial charge in [0.1, 0.15) is 29.7 Å². The molecule has 0 atom stereocenters. The average molecular weight is 315 g/mol. The molecule has 0 aliphatic heterocycles. The van der Waals surface area contributed by atoms with Crippen molar-refractivity contribution in [2.75, 3.05) is 11.9 Å². The first-order valence-corrected chi connectivity index (χ1v) is 7.12. The predicted octanol–water partition coefficient (Wildman–Crippen LogP) is 2.94. The highest BCUT2D eigenvalue weighted by Crippen LogP contribution is 2.25. The Hall–Kier alpha value is -3.82. The van der Waals surface area contributed by atoms with Gasteiger partial charge in [-0.1, -0.05) is 18.2 Å². The fourth-order valence-corrected chi connectivity index (χ4v) is 1.93. The van der Waals surface area contributed by atoms with Crippen molar-refractivity contribution in [2.45, 2.75) is 6.42 Å². The molecule has 0 unspecified atom stereocenters. The number of nitriles is 3. The number of hydrogen-bond acceptors (Lipinski definition) is 6. The smallest absolute Gasteiger partial charge is 0.163 e. The maximum absolute atomic E-state index is 9.11. The molecule has 116 valence electrons. The highest BCUT2D eigenvalue weighted by Gasteiger charge is 2.09. The number of ether oxygens (including phenoxy) is 1. The zero-order chi connectivity index (χ0) is 17.2. The number of benzene rings is 1. The summed E-state index contributed by atoms with van der Waals surface area (Å²) in [6.45, 7) is 0.407. The molecule has 6 nitrogen and oxygen atoms in total. The van der Waals surface area contributed by atoms with Crippen molar-refractivity contribution in [2.24, 2.45) is 0 Å². The fraction of sp³-hybridized carbons (Fsp3) is 0.111. The Morgan fingerprint density at radius 1 is 1.00 bits per heavy atom. The second-order valence-corrected chi connectivity index (χ2v) is 4.63. The van der Waals surface area contributed by atoms with Gasteiger partial charge >= 0.3 is 0 Å². The molecule has 1 aromatic carbocycles. The monoisotopic (exact) mass is 315 g/mol. The minimum atomic E-state index is -0.277. The van der Waals surface area contributed by atoms with Crippen LogP contribution in [0, 0.1) is 34.0 Å². The average Bonchev–Trinajstić information content (AvgIpc) is 2.64. The maximum Gasteiger partial charge on any atom is 0.163 e. The summed E-state index contributed by atoms with van der Waals surface area (Å²) in [7, 11) is 0. The number of hydrogen-bond donors (Lipinski definition) is 1. The van der Waals surface area contributed by atoms with Crippen LogP contribution in [0.2, 0.25) is 0 Å². The van der Waals surface area contributed by atoms with Crippen molar-refractivity contribution in [3.05, 3.63) is 65.6 Å². The largest absolute Gasteiger partial charge is 0.491 e. The molecule has 2 rings (SSSR count). The first-order valence-electron chi connectivity index (χ1n) is 7.12. The molecule has 0 aliphatic rings. The zero-order valence-corrected chi connectivity index (χ0v) is 12.7. The fourth-order valence-electron chi connectivity index (χ4n) is 1.93. The third-order valence-electron chi connectivity index (χ3n) is 3.07. The second kappa shape index (κ2) is 8.58. The first-order chi connectivity index (χ1) is 11.8. The van der Waals surface area contributed by atoms with E-state index in [2.05, 4.69) is 10.3 Å². The van der Waals surface area contributed by atoms with E-state index in [4.69, 9.17) is 20.5 Å². The molecule has 0 bridgehead atoms. The summed E-state index contributed by atoms with van der Waals surface area (Å²) in [5.41, 5.74) is 1.04. The van der Waals surface area contributed by atoms with Gasteiger partial charge in [-0.2, -0.15) is 15.8 Å². The Labute approximate surface area is 139 Å². The number of allylic oxidation sites excluding steroid dienone is 2. The van der Waals surface area contributed by atoms with E-state index in [9.17, 15) is 0 Å². The van der Waals surface area contributed by atoms with E-state index in [-0.39, 0.29) is 11.3 Å². The van der Waals surface area contributed by atoms with Crippen LogP contribution in [0.1, 0.15) is 5.69 Å². The van der Waals surface area contributed by atoms with E-state index in [0.717, 1.165) is 5.69 Å². The number of rotatable bonds is 6. The van der Waals surface area contributed by atoms with Gasteiger partial charge in [0.05, 0.1) is 12.3 Å². The van der Waals surface area contributed by atoms with Crippen molar-refractivity contribution in [1.29, 1.82) is 15.8 Å². The molecule has 0 fully saturated rings. The molecule has 1 aromatic heterocycles. The lowest BCUT2D eigenvalue weighted by molar-refractivity contribution is 0.322. The summed E-state index contributed by atoms with van der Waals surface area (Å²) in [6, 6.07) is 17.9. The third-order valence-corrected chi connectivity index (χ3v) is 3.07. The summed E-state index contributed by atoms with van der Waals surface area (Å²) in [4.78, 5) is 4.22. The van der Waals surface area contributed by atoms with Crippen molar-refractivity contribution in [3.63, 3.8) is 0 Å². The summed E-state index contributed by atoms with van der Waals surface area (Å²) in [5.74, 6) is 0.524. The zero-order valence-electron chi connectivity index (χ0n) is 12.7. The molecule has 6 heteroatoms. The van der Waals surface area contributed by atoms with E-state index in [1.807, 2.05) is 24.3 Å². The van der Waals surface area contributed by atoms with Gasteiger partial charge in [-0.3, -0.25) is 4.98 Å². The van der Waals surface area contributed by atoms with Gasteiger partial charge in [-0.25, -0.2) is 0 Å². The lowest BCUT2D eigenvalue weighted by atomic mass is 10.2. The molecule has 2 aromatic rings. The van der Waals surface area contributed by atoms with Crippen molar-refractivity contribution < 1.29 is 4.74 Å². The number of anilines is 1. The Balaban J connectivity index is 2.11. The van der Waals surface area contributed by atoms with Crippen LogP contribution in [0.5, 0.6) is 5.75 Å². The second-order valence-electron chi connectivity index (χ2n) is 4.63. The first kappa shape index (κ1) is 16.5. The van der Waals surface area contributed by atoms with Gasteiger partial charge in [0.25, 0.3) is 0 Å². The Bertz CT molecular complexity index is 837. The lowest BCUT2D eigenvalue weighted by Crippen LogP contribution is -2.06. The summed E-state index contributed by atoms with van der Waals surface area (Å²) in [5, 5.41) is 29.7. The molecule has 24 heavy (non-hydrogen) atoms. The predicted molar refractivity (Wildman–Crippen MR) is 87.4 cm³/mol. The van der Waals surface area contributed by atoms with Gasteiger partial charge in [-0.05, 0) is 24.3 Å².